The van der Waals surface area contributed by atoms with Crippen molar-refractivity contribution in [2.75, 3.05) is 0 Å². The average Bonchev–Trinajstić information content (AvgIpc) is 2.17. The van der Waals surface area contributed by atoms with E-state index in [1.54, 1.807) is 0 Å². The SMILES string of the molecule is CCCCc1cc(CC)ccc1O. The number of phenolic OH excluding ortho intramolecular Hbond substituents is 1. The second-order valence-electron chi connectivity index (χ2n) is 3.42. The van der Waals surface area contributed by atoms with Crippen molar-refractivity contribution in [1.82, 2.24) is 0 Å². The van der Waals surface area contributed by atoms with Crippen molar-refractivity contribution in [2.45, 2.75) is 39.5 Å². The molecule has 1 nitrogen and oxygen atoms in total. The molecule has 0 fully saturated rings. The van der Waals surface area contributed by atoms with Gasteiger partial charge in [0.15, 0.2) is 0 Å². The minimum atomic E-state index is 0.450. The standard InChI is InChI=1S/C12H18O/c1-3-5-6-11-9-10(4-2)7-8-12(11)13/h7-9,13H,3-6H2,1-2H3. The lowest BCUT2D eigenvalue weighted by Gasteiger charge is -2.05. The monoisotopic (exact) mass is 178 g/mol. The molecule has 13 heavy (non-hydrogen) atoms. The average molecular weight is 178 g/mol. The molecule has 1 N–H and O–H groups in total. The molecule has 72 valence electrons. The van der Waals surface area contributed by atoms with Crippen molar-refractivity contribution in [3.8, 4) is 5.75 Å². The molecule has 0 aliphatic rings. The van der Waals surface area contributed by atoms with E-state index in [1.807, 2.05) is 12.1 Å². The predicted octanol–water partition coefficient (Wildman–Crippen LogP) is 3.30. The van der Waals surface area contributed by atoms with E-state index in [-0.39, 0.29) is 0 Å². The molecular formula is C12H18O. The first-order valence-corrected chi connectivity index (χ1v) is 5.08. The summed E-state index contributed by atoms with van der Waals surface area (Å²) in [5.41, 5.74) is 2.41. The van der Waals surface area contributed by atoms with Gasteiger partial charge in [-0.25, -0.2) is 0 Å². The minimum absolute atomic E-state index is 0.450. The third kappa shape index (κ3) is 2.76. The molecule has 0 amide bonds. The van der Waals surface area contributed by atoms with Gasteiger partial charge in [-0.2, -0.15) is 0 Å². The fourth-order valence-electron chi connectivity index (χ4n) is 1.43. The third-order valence-electron chi connectivity index (χ3n) is 2.35. The number of rotatable bonds is 4. The van der Waals surface area contributed by atoms with Crippen molar-refractivity contribution in [3.05, 3.63) is 29.3 Å². The summed E-state index contributed by atoms with van der Waals surface area (Å²) >= 11 is 0. The van der Waals surface area contributed by atoms with Gasteiger partial charge in [-0.15, -0.1) is 0 Å². The number of hydrogen-bond donors (Lipinski definition) is 1. The summed E-state index contributed by atoms with van der Waals surface area (Å²) in [6.45, 7) is 4.30. The van der Waals surface area contributed by atoms with Gasteiger partial charge in [-0.1, -0.05) is 32.4 Å². The first-order chi connectivity index (χ1) is 6.27. The highest BCUT2D eigenvalue weighted by Gasteiger charge is 2.00. The molecule has 0 aliphatic heterocycles. The maximum atomic E-state index is 9.56. The highest BCUT2D eigenvalue weighted by Crippen LogP contribution is 2.20. The molecule has 0 saturated carbocycles. The summed E-state index contributed by atoms with van der Waals surface area (Å²) < 4.78 is 0. The van der Waals surface area contributed by atoms with Gasteiger partial charge in [-0.05, 0) is 36.5 Å². The highest BCUT2D eigenvalue weighted by atomic mass is 16.3. The van der Waals surface area contributed by atoms with Crippen LogP contribution >= 0.6 is 0 Å². The Bertz CT molecular complexity index is 266. The second kappa shape index (κ2) is 4.90. The number of aryl methyl sites for hydroxylation is 2. The van der Waals surface area contributed by atoms with E-state index < -0.39 is 0 Å². The van der Waals surface area contributed by atoms with E-state index in [0.29, 0.717) is 5.75 Å². The predicted molar refractivity (Wildman–Crippen MR) is 56.1 cm³/mol. The van der Waals surface area contributed by atoms with Crippen molar-refractivity contribution >= 4 is 0 Å². The number of benzene rings is 1. The van der Waals surface area contributed by atoms with E-state index in [9.17, 15) is 5.11 Å². The molecule has 0 atom stereocenters. The van der Waals surface area contributed by atoms with Gasteiger partial charge < -0.3 is 5.11 Å². The van der Waals surface area contributed by atoms with Crippen LogP contribution in [-0.4, -0.2) is 5.11 Å². The van der Waals surface area contributed by atoms with Crippen molar-refractivity contribution < 1.29 is 5.11 Å². The molecule has 1 aromatic rings. The topological polar surface area (TPSA) is 20.2 Å². The second-order valence-corrected chi connectivity index (χ2v) is 3.42. The Morgan fingerprint density at radius 2 is 2.00 bits per heavy atom. The van der Waals surface area contributed by atoms with Crippen LogP contribution in [0.4, 0.5) is 0 Å². The largest absolute Gasteiger partial charge is 0.508 e. The van der Waals surface area contributed by atoms with E-state index >= 15 is 0 Å². The zero-order valence-corrected chi connectivity index (χ0v) is 8.51. The lowest BCUT2D eigenvalue weighted by Crippen LogP contribution is -1.88. The van der Waals surface area contributed by atoms with Crippen LogP contribution in [0.2, 0.25) is 0 Å². The van der Waals surface area contributed by atoms with Crippen molar-refractivity contribution in [3.63, 3.8) is 0 Å². The van der Waals surface area contributed by atoms with Crippen molar-refractivity contribution in [2.24, 2.45) is 0 Å². The zero-order chi connectivity index (χ0) is 9.68. The van der Waals surface area contributed by atoms with Crippen LogP contribution in [0.15, 0.2) is 18.2 Å². The summed E-state index contributed by atoms with van der Waals surface area (Å²) in [6, 6.07) is 5.92. The lowest BCUT2D eigenvalue weighted by molar-refractivity contribution is 0.466. The molecule has 0 aliphatic carbocycles. The summed E-state index contributed by atoms with van der Waals surface area (Å²) in [5, 5.41) is 9.56. The normalized spacial score (nSPS) is 10.3. The van der Waals surface area contributed by atoms with Gasteiger partial charge in [-0.3, -0.25) is 0 Å². The molecular weight excluding hydrogens is 160 g/mol. The quantitative estimate of drug-likeness (QED) is 0.750. The summed E-state index contributed by atoms with van der Waals surface area (Å²) in [4.78, 5) is 0. The van der Waals surface area contributed by atoms with Gasteiger partial charge in [0.1, 0.15) is 5.75 Å². The highest BCUT2D eigenvalue weighted by molar-refractivity contribution is 5.36. The van der Waals surface area contributed by atoms with Gasteiger partial charge in [0.05, 0.1) is 0 Å². The smallest absolute Gasteiger partial charge is 0.118 e. The summed E-state index contributed by atoms with van der Waals surface area (Å²) in [5.74, 6) is 0.450. The summed E-state index contributed by atoms with van der Waals surface area (Å²) in [6.07, 6.45) is 4.37. The maximum Gasteiger partial charge on any atom is 0.118 e. The van der Waals surface area contributed by atoms with Gasteiger partial charge >= 0.3 is 0 Å². The molecule has 1 heteroatoms. The summed E-state index contributed by atoms with van der Waals surface area (Å²) in [7, 11) is 0. The molecule has 0 unspecified atom stereocenters. The minimum Gasteiger partial charge on any atom is -0.508 e. The fourth-order valence-corrected chi connectivity index (χ4v) is 1.43. The van der Waals surface area contributed by atoms with E-state index in [4.69, 9.17) is 0 Å². The molecule has 0 bridgehead atoms. The first kappa shape index (κ1) is 10.1. The van der Waals surface area contributed by atoms with Crippen LogP contribution in [0, 0.1) is 0 Å². The number of aromatic hydroxyl groups is 1. The number of phenols is 1. The Kier molecular flexibility index (Phi) is 3.81. The van der Waals surface area contributed by atoms with Crippen LogP contribution in [0.3, 0.4) is 0 Å². The van der Waals surface area contributed by atoms with Crippen LogP contribution in [-0.2, 0) is 12.8 Å². The molecule has 0 heterocycles. The van der Waals surface area contributed by atoms with Crippen LogP contribution in [0.25, 0.3) is 0 Å². The molecule has 0 spiro atoms. The van der Waals surface area contributed by atoms with E-state index in [0.717, 1.165) is 24.8 Å². The van der Waals surface area contributed by atoms with Crippen molar-refractivity contribution in [1.29, 1.82) is 0 Å². The molecule has 0 saturated heterocycles. The van der Waals surface area contributed by atoms with Crippen LogP contribution in [0.1, 0.15) is 37.8 Å². The molecule has 0 radical (unpaired) electrons. The van der Waals surface area contributed by atoms with Gasteiger partial charge in [0.2, 0.25) is 0 Å². The molecule has 0 aromatic heterocycles. The zero-order valence-electron chi connectivity index (χ0n) is 8.51. The fraction of sp³-hybridized carbons (Fsp3) is 0.500. The van der Waals surface area contributed by atoms with Gasteiger partial charge in [0, 0.05) is 0 Å². The van der Waals surface area contributed by atoms with Crippen LogP contribution in [0.5, 0.6) is 5.75 Å². The Labute approximate surface area is 80.4 Å². The number of hydrogen-bond acceptors (Lipinski definition) is 1. The van der Waals surface area contributed by atoms with E-state index in [2.05, 4.69) is 19.9 Å². The Balaban J connectivity index is 2.78. The Hall–Kier alpha value is -0.980. The third-order valence-corrected chi connectivity index (χ3v) is 2.35. The Morgan fingerprint density at radius 3 is 2.62 bits per heavy atom. The van der Waals surface area contributed by atoms with Crippen LogP contribution < -0.4 is 0 Å². The lowest BCUT2D eigenvalue weighted by atomic mass is 10.0. The molecule has 1 rings (SSSR count). The number of unbranched alkanes of at least 4 members (excludes halogenated alkanes) is 1. The Morgan fingerprint density at radius 1 is 1.23 bits per heavy atom. The van der Waals surface area contributed by atoms with Gasteiger partial charge in [0.25, 0.3) is 0 Å². The van der Waals surface area contributed by atoms with E-state index in [1.165, 1.54) is 12.0 Å². The maximum absolute atomic E-state index is 9.56. The molecule has 1 aromatic carbocycles. The first-order valence-electron chi connectivity index (χ1n) is 5.08.